The van der Waals surface area contributed by atoms with Gasteiger partial charge in [-0.25, -0.2) is 14.0 Å². The molecule has 0 bridgehead atoms. The molecule has 3 heterocycles. The molecule has 1 atom stereocenters. The minimum atomic E-state index is -0.979. The number of likely N-dealkylation sites (tertiary alicyclic amines) is 2. The van der Waals surface area contributed by atoms with Gasteiger partial charge in [-0.15, -0.1) is 0 Å². The maximum atomic E-state index is 15.1. The summed E-state index contributed by atoms with van der Waals surface area (Å²) in [7, 11) is 0. The maximum Gasteiger partial charge on any atom is 0.410 e. The van der Waals surface area contributed by atoms with Crippen molar-refractivity contribution in [1.29, 1.82) is 0 Å². The molecule has 3 rings (SSSR count). The van der Waals surface area contributed by atoms with Crippen LogP contribution in [0.1, 0.15) is 47.0 Å². The lowest BCUT2D eigenvalue weighted by molar-refractivity contribution is -0.136. The molecule has 3 aliphatic heterocycles. The molecule has 1 unspecified atom stereocenters. The van der Waals surface area contributed by atoms with Gasteiger partial charge in [-0.2, -0.15) is 0 Å². The quantitative estimate of drug-likeness (QED) is 0.666. The van der Waals surface area contributed by atoms with E-state index in [0.29, 0.717) is 31.5 Å². The minimum Gasteiger partial charge on any atom is -0.456 e. The average Bonchev–Trinajstić information content (AvgIpc) is 2.89. The first-order valence-corrected chi connectivity index (χ1v) is 9.35. The highest BCUT2D eigenvalue weighted by Crippen LogP contribution is 2.44. The zero-order valence-corrected chi connectivity index (χ0v) is 16.1. The third-order valence-corrected chi connectivity index (χ3v) is 5.80. The fourth-order valence-electron chi connectivity index (χ4n) is 4.06. The summed E-state index contributed by atoms with van der Waals surface area (Å²) in [5, 5.41) is 0. The van der Waals surface area contributed by atoms with E-state index in [9.17, 15) is 9.59 Å². The second-order valence-electron chi connectivity index (χ2n) is 8.64. The molecule has 0 N–H and O–H groups in total. The number of ether oxygens (including phenoxy) is 2. The predicted octanol–water partition coefficient (Wildman–Crippen LogP) is 2.88. The van der Waals surface area contributed by atoms with Crippen molar-refractivity contribution in [3.63, 3.8) is 0 Å². The van der Waals surface area contributed by atoms with Crippen LogP contribution in [-0.2, 0) is 14.3 Å². The second-order valence-corrected chi connectivity index (χ2v) is 8.64. The summed E-state index contributed by atoms with van der Waals surface area (Å²) in [5.74, 6) is -0.304. The molecule has 0 saturated carbocycles. The molecule has 7 heteroatoms. The molecule has 0 aromatic carbocycles. The van der Waals surface area contributed by atoms with Crippen LogP contribution in [0.25, 0.3) is 0 Å². The topological polar surface area (TPSA) is 59.1 Å². The summed E-state index contributed by atoms with van der Waals surface area (Å²) in [6.07, 6.45) is 0.723. The van der Waals surface area contributed by atoms with Crippen molar-refractivity contribution >= 4 is 12.1 Å². The Hall–Kier alpha value is -1.79. The Morgan fingerprint density at radius 2 is 1.85 bits per heavy atom. The highest BCUT2D eigenvalue weighted by atomic mass is 19.1. The van der Waals surface area contributed by atoms with Gasteiger partial charge in [0.25, 0.3) is 0 Å². The summed E-state index contributed by atoms with van der Waals surface area (Å²) < 4.78 is 25.6. The lowest BCUT2D eigenvalue weighted by atomic mass is 9.70. The van der Waals surface area contributed by atoms with Gasteiger partial charge in [0.2, 0.25) is 0 Å². The zero-order chi connectivity index (χ0) is 19.1. The van der Waals surface area contributed by atoms with E-state index in [1.54, 1.807) is 11.8 Å². The van der Waals surface area contributed by atoms with Crippen molar-refractivity contribution in [1.82, 2.24) is 9.80 Å². The predicted molar refractivity (Wildman–Crippen MR) is 94.2 cm³/mol. The van der Waals surface area contributed by atoms with Gasteiger partial charge in [-0.1, -0.05) is 0 Å². The molecule has 26 heavy (non-hydrogen) atoms. The standard InChI is InChI=1S/C19H29FN2O4/c1-13-14(12-25-16(13)23)22-10-7-19(15(20)11-22)5-8-21(9-6-19)17(24)26-18(2,3)4/h15H,5-12H2,1-4H3. The molecule has 0 aliphatic carbocycles. The first kappa shape index (κ1) is 19.0. The number of amides is 1. The Morgan fingerprint density at radius 3 is 2.35 bits per heavy atom. The highest BCUT2D eigenvalue weighted by molar-refractivity contribution is 5.90. The Bertz CT molecular complexity index is 618. The number of piperidine rings is 2. The fourth-order valence-corrected chi connectivity index (χ4v) is 4.06. The number of cyclic esters (lactones) is 1. The van der Waals surface area contributed by atoms with E-state index in [0.717, 1.165) is 18.7 Å². The number of alkyl halides is 1. The minimum absolute atomic E-state index is 0.247. The molecule has 0 aromatic rings. The smallest absolute Gasteiger partial charge is 0.410 e. The molecule has 1 amide bonds. The second kappa shape index (κ2) is 6.74. The Morgan fingerprint density at radius 1 is 1.23 bits per heavy atom. The first-order chi connectivity index (χ1) is 12.1. The van der Waals surface area contributed by atoms with Gasteiger partial charge < -0.3 is 19.3 Å². The van der Waals surface area contributed by atoms with E-state index in [1.807, 2.05) is 25.7 Å². The van der Waals surface area contributed by atoms with Crippen molar-refractivity contribution in [2.45, 2.75) is 58.7 Å². The van der Waals surface area contributed by atoms with Crippen LogP contribution in [0.5, 0.6) is 0 Å². The number of hydrogen-bond acceptors (Lipinski definition) is 5. The monoisotopic (exact) mass is 368 g/mol. The number of nitrogens with zero attached hydrogens (tertiary/aromatic N) is 2. The average molecular weight is 368 g/mol. The van der Waals surface area contributed by atoms with Crippen LogP contribution in [0.3, 0.4) is 0 Å². The fraction of sp³-hybridized carbons (Fsp3) is 0.789. The summed E-state index contributed by atoms with van der Waals surface area (Å²) in [4.78, 5) is 27.4. The Labute approximate surface area is 154 Å². The number of carbonyl (C=O) groups is 2. The van der Waals surface area contributed by atoms with Crippen molar-refractivity contribution in [3.05, 3.63) is 11.3 Å². The summed E-state index contributed by atoms with van der Waals surface area (Å²) in [5.41, 5.74) is 0.506. The molecular formula is C19H29FN2O4. The molecule has 146 valence electrons. The number of esters is 1. The number of hydrogen-bond donors (Lipinski definition) is 0. The van der Waals surface area contributed by atoms with E-state index in [-0.39, 0.29) is 30.6 Å². The molecule has 2 saturated heterocycles. The summed E-state index contributed by atoms with van der Waals surface area (Å²) >= 11 is 0. The van der Waals surface area contributed by atoms with Gasteiger partial charge in [0.05, 0.1) is 11.3 Å². The van der Waals surface area contributed by atoms with E-state index in [1.165, 1.54) is 0 Å². The van der Waals surface area contributed by atoms with E-state index < -0.39 is 11.8 Å². The lowest BCUT2D eigenvalue weighted by Gasteiger charge is -2.49. The molecule has 6 nitrogen and oxygen atoms in total. The van der Waals surface area contributed by atoms with Crippen molar-refractivity contribution in [3.8, 4) is 0 Å². The van der Waals surface area contributed by atoms with E-state index in [2.05, 4.69) is 0 Å². The van der Waals surface area contributed by atoms with E-state index >= 15 is 4.39 Å². The normalized spacial score (nSPS) is 26.3. The van der Waals surface area contributed by atoms with Crippen LogP contribution in [-0.4, -0.2) is 66.4 Å². The van der Waals surface area contributed by atoms with Crippen LogP contribution in [0.2, 0.25) is 0 Å². The maximum absolute atomic E-state index is 15.1. The lowest BCUT2D eigenvalue weighted by Crippen LogP contribution is -2.54. The third kappa shape index (κ3) is 3.67. The number of carbonyl (C=O) groups excluding carboxylic acids is 2. The Balaban J connectivity index is 1.59. The van der Waals surface area contributed by atoms with Crippen LogP contribution in [0, 0.1) is 5.41 Å². The van der Waals surface area contributed by atoms with Crippen LogP contribution in [0.15, 0.2) is 11.3 Å². The third-order valence-electron chi connectivity index (χ3n) is 5.80. The van der Waals surface area contributed by atoms with Crippen molar-refractivity contribution < 1.29 is 23.5 Å². The van der Waals surface area contributed by atoms with Crippen molar-refractivity contribution in [2.75, 3.05) is 32.8 Å². The van der Waals surface area contributed by atoms with Gasteiger partial charge in [0, 0.05) is 31.6 Å². The largest absolute Gasteiger partial charge is 0.456 e. The van der Waals surface area contributed by atoms with E-state index in [4.69, 9.17) is 9.47 Å². The molecule has 1 spiro atoms. The molecule has 0 radical (unpaired) electrons. The van der Waals surface area contributed by atoms with Gasteiger partial charge in [-0.3, -0.25) is 0 Å². The molecule has 0 aromatic heterocycles. The van der Waals surface area contributed by atoms with Gasteiger partial charge in [0.1, 0.15) is 18.4 Å². The first-order valence-electron chi connectivity index (χ1n) is 9.35. The summed E-state index contributed by atoms with van der Waals surface area (Å²) in [6, 6.07) is 0. The molecule has 2 fully saturated rings. The Kier molecular flexibility index (Phi) is 4.92. The van der Waals surface area contributed by atoms with Gasteiger partial charge in [-0.05, 0) is 47.0 Å². The van der Waals surface area contributed by atoms with Crippen molar-refractivity contribution in [2.24, 2.45) is 5.41 Å². The van der Waals surface area contributed by atoms with Crippen LogP contribution in [0.4, 0.5) is 9.18 Å². The van der Waals surface area contributed by atoms with Crippen LogP contribution >= 0.6 is 0 Å². The molecular weight excluding hydrogens is 339 g/mol. The molecule has 3 aliphatic rings. The number of halogens is 1. The highest BCUT2D eigenvalue weighted by Gasteiger charge is 2.47. The number of rotatable bonds is 1. The van der Waals surface area contributed by atoms with Crippen LogP contribution < -0.4 is 0 Å². The zero-order valence-electron chi connectivity index (χ0n) is 16.1. The van der Waals surface area contributed by atoms with Gasteiger partial charge >= 0.3 is 12.1 Å². The van der Waals surface area contributed by atoms with Gasteiger partial charge in [0.15, 0.2) is 0 Å². The SMILES string of the molecule is CC1=C(N2CCC3(CCN(C(=O)OC(C)(C)C)CC3)C(F)C2)COC1=O. The summed E-state index contributed by atoms with van der Waals surface area (Å²) in [6.45, 7) is 9.58.